The summed E-state index contributed by atoms with van der Waals surface area (Å²) >= 11 is 0. The molecule has 0 spiro atoms. The molecule has 0 aliphatic rings. The molecule has 0 amide bonds. The molecule has 0 radical (unpaired) electrons. The summed E-state index contributed by atoms with van der Waals surface area (Å²) in [4.78, 5) is 12.0. The fourth-order valence-electron chi connectivity index (χ4n) is 4.02. The van der Waals surface area contributed by atoms with Gasteiger partial charge in [0.25, 0.3) is 0 Å². The Morgan fingerprint density at radius 2 is 1.54 bits per heavy atom. The van der Waals surface area contributed by atoms with E-state index in [1.807, 2.05) is 18.2 Å². The van der Waals surface area contributed by atoms with Gasteiger partial charge < -0.3 is 14.3 Å². The van der Waals surface area contributed by atoms with E-state index in [1.165, 1.54) is 0 Å². The van der Waals surface area contributed by atoms with Crippen LogP contribution in [0.5, 0.6) is 0 Å². The predicted octanol–water partition coefficient (Wildman–Crippen LogP) is 5.18. The molecule has 1 unspecified atom stereocenters. The van der Waals surface area contributed by atoms with Crippen molar-refractivity contribution in [2.45, 2.75) is 77.1 Å². The molecule has 148 valence electrons. The Morgan fingerprint density at radius 3 is 2.00 bits per heavy atom. The van der Waals surface area contributed by atoms with E-state index in [4.69, 9.17) is 9.16 Å². The van der Waals surface area contributed by atoms with Crippen LogP contribution in [-0.2, 0) is 9.16 Å². The molecule has 1 aromatic carbocycles. The van der Waals surface area contributed by atoms with Crippen LogP contribution in [-0.4, -0.2) is 38.7 Å². The van der Waals surface area contributed by atoms with E-state index < -0.39 is 8.32 Å². The highest BCUT2D eigenvalue weighted by Gasteiger charge is 2.46. The minimum atomic E-state index is -2.01. The molecule has 1 N–H and O–H groups in total. The maximum atomic E-state index is 12.0. The highest BCUT2D eigenvalue weighted by Crippen LogP contribution is 2.43. The van der Waals surface area contributed by atoms with E-state index in [0.29, 0.717) is 41.6 Å². The largest absolute Gasteiger partial charge is 0.462 e. The van der Waals surface area contributed by atoms with Crippen LogP contribution in [0.1, 0.15) is 64.7 Å². The molecular weight excluding hydrogens is 344 g/mol. The van der Waals surface area contributed by atoms with Gasteiger partial charge in [-0.25, -0.2) is 4.79 Å². The molecule has 0 fully saturated rings. The van der Waals surface area contributed by atoms with Crippen molar-refractivity contribution in [2.75, 3.05) is 13.2 Å². The molecule has 1 rings (SSSR count). The first-order valence-electron chi connectivity index (χ1n) is 9.76. The molecule has 4 nitrogen and oxygen atoms in total. The van der Waals surface area contributed by atoms with E-state index in [2.05, 4.69) is 41.5 Å². The molecule has 1 atom stereocenters. The summed E-state index contributed by atoms with van der Waals surface area (Å²) in [6, 6.07) is 9.00. The normalized spacial score (nSPS) is 13.5. The second-order valence-electron chi connectivity index (χ2n) is 7.88. The lowest BCUT2D eigenvalue weighted by Gasteiger charge is -2.44. The number of benzene rings is 1. The zero-order valence-electron chi connectivity index (χ0n) is 17.2. The van der Waals surface area contributed by atoms with Gasteiger partial charge in [0, 0.05) is 0 Å². The average molecular weight is 381 g/mol. The average Bonchev–Trinajstić information content (AvgIpc) is 2.60. The predicted molar refractivity (Wildman–Crippen MR) is 109 cm³/mol. The molecule has 5 heteroatoms. The lowest BCUT2D eigenvalue weighted by Crippen LogP contribution is -2.50. The van der Waals surface area contributed by atoms with Crippen LogP contribution in [0, 0.1) is 0 Å². The van der Waals surface area contributed by atoms with Crippen molar-refractivity contribution >= 4 is 14.3 Å². The first-order valence-corrected chi connectivity index (χ1v) is 11.9. The van der Waals surface area contributed by atoms with Crippen molar-refractivity contribution in [3.05, 3.63) is 35.9 Å². The summed E-state index contributed by atoms with van der Waals surface area (Å²) in [5, 5.41) is 9.81. The van der Waals surface area contributed by atoms with E-state index in [9.17, 15) is 9.90 Å². The number of aliphatic hydroxyl groups is 1. The van der Waals surface area contributed by atoms with Crippen molar-refractivity contribution < 1.29 is 19.1 Å². The summed E-state index contributed by atoms with van der Waals surface area (Å²) in [5.41, 5.74) is 2.00. The molecule has 0 aromatic heterocycles. The van der Waals surface area contributed by atoms with Crippen molar-refractivity contribution in [1.29, 1.82) is 0 Å². The summed E-state index contributed by atoms with van der Waals surface area (Å²) < 4.78 is 11.9. The number of rotatable bonds is 11. The number of aliphatic hydroxyl groups excluding tert-OH is 1. The first-order chi connectivity index (χ1) is 12.3. The van der Waals surface area contributed by atoms with Crippen molar-refractivity contribution in [3.63, 3.8) is 0 Å². The van der Waals surface area contributed by atoms with Gasteiger partial charge in [0.05, 0.1) is 24.9 Å². The summed E-state index contributed by atoms with van der Waals surface area (Å²) in [6.07, 6.45) is 1.19. The van der Waals surface area contributed by atoms with Gasteiger partial charge in [0.2, 0.25) is 8.32 Å². The Balaban J connectivity index is 2.57. The van der Waals surface area contributed by atoms with Gasteiger partial charge in [0.1, 0.15) is 0 Å². The molecule has 0 bridgehead atoms. The number of carbonyl (C=O) groups is 1. The molecule has 1 aromatic rings. The minimum absolute atomic E-state index is 0.00748. The van der Waals surface area contributed by atoms with Crippen molar-refractivity contribution in [1.82, 2.24) is 0 Å². The SMILES string of the molecule is CC(C)[Si](OC(CO)CCCOC(=O)c1ccccc1)(C(C)C)C(C)C. The maximum Gasteiger partial charge on any atom is 0.338 e. The van der Waals surface area contributed by atoms with Crippen molar-refractivity contribution in [2.24, 2.45) is 0 Å². The molecular formula is C21H36O4Si. The minimum Gasteiger partial charge on any atom is -0.462 e. The second-order valence-corrected chi connectivity index (χ2v) is 13.3. The molecule has 0 heterocycles. The van der Waals surface area contributed by atoms with Crippen molar-refractivity contribution in [3.8, 4) is 0 Å². The highest BCUT2D eigenvalue weighted by atomic mass is 28.4. The van der Waals surface area contributed by atoms with E-state index in [-0.39, 0.29) is 18.7 Å². The second kappa shape index (κ2) is 10.9. The Bertz CT molecular complexity index is 506. The van der Waals surface area contributed by atoms with Gasteiger partial charge in [-0.3, -0.25) is 0 Å². The molecule has 0 aliphatic carbocycles. The van der Waals surface area contributed by atoms with Crippen LogP contribution in [0.2, 0.25) is 16.6 Å². The van der Waals surface area contributed by atoms with Gasteiger partial charge in [-0.1, -0.05) is 59.7 Å². The number of hydrogen-bond donors (Lipinski definition) is 1. The number of ether oxygens (including phenoxy) is 1. The highest BCUT2D eigenvalue weighted by molar-refractivity contribution is 6.77. The van der Waals surface area contributed by atoms with Crippen LogP contribution < -0.4 is 0 Å². The number of carbonyl (C=O) groups excluding carboxylic acids is 1. The van der Waals surface area contributed by atoms with Gasteiger partial charge in [-0.2, -0.15) is 0 Å². The van der Waals surface area contributed by atoms with Crippen LogP contribution in [0.3, 0.4) is 0 Å². The molecule has 0 aliphatic heterocycles. The lowest BCUT2D eigenvalue weighted by molar-refractivity contribution is 0.0453. The maximum absolute atomic E-state index is 12.0. The summed E-state index contributed by atoms with van der Waals surface area (Å²) in [7, 11) is -2.01. The Morgan fingerprint density at radius 1 is 1.00 bits per heavy atom. The van der Waals surface area contributed by atoms with Crippen LogP contribution in [0.15, 0.2) is 30.3 Å². The first kappa shape index (κ1) is 22.9. The molecule has 0 saturated heterocycles. The third-order valence-electron chi connectivity index (χ3n) is 5.19. The fourth-order valence-corrected chi connectivity index (χ4v) is 9.60. The monoisotopic (exact) mass is 380 g/mol. The standard InChI is InChI=1S/C21H36O4Si/c1-16(2)26(17(3)4,18(5)6)25-20(15-22)13-10-14-24-21(23)19-11-8-7-9-12-19/h7-9,11-12,16-18,20,22H,10,13-15H2,1-6H3. The van der Waals surface area contributed by atoms with Crippen LogP contribution >= 0.6 is 0 Å². The number of hydrogen-bond acceptors (Lipinski definition) is 4. The summed E-state index contributed by atoms with van der Waals surface area (Å²) in [5.74, 6) is -0.303. The molecule has 0 saturated carbocycles. The molecule has 26 heavy (non-hydrogen) atoms. The smallest absolute Gasteiger partial charge is 0.338 e. The van der Waals surface area contributed by atoms with E-state index in [1.54, 1.807) is 12.1 Å². The van der Waals surface area contributed by atoms with Crippen LogP contribution in [0.4, 0.5) is 0 Å². The zero-order chi connectivity index (χ0) is 19.7. The van der Waals surface area contributed by atoms with Gasteiger partial charge in [-0.15, -0.1) is 0 Å². The lowest BCUT2D eigenvalue weighted by atomic mass is 10.2. The van der Waals surface area contributed by atoms with Gasteiger partial charge >= 0.3 is 5.97 Å². The van der Waals surface area contributed by atoms with Gasteiger partial charge in [0.15, 0.2) is 0 Å². The third kappa shape index (κ3) is 5.93. The van der Waals surface area contributed by atoms with Crippen LogP contribution in [0.25, 0.3) is 0 Å². The Hall–Kier alpha value is -1.17. The zero-order valence-corrected chi connectivity index (χ0v) is 18.2. The summed E-state index contributed by atoms with van der Waals surface area (Å²) in [6.45, 7) is 13.8. The quantitative estimate of drug-likeness (QED) is 0.327. The van der Waals surface area contributed by atoms with E-state index >= 15 is 0 Å². The van der Waals surface area contributed by atoms with E-state index in [0.717, 1.165) is 0 Å². The Labute approximate surface area is 160 Å². The fraction of sp³-hybridized carbons (Fsp3) is 0.667. The topological polar surface area (TPSA) is 55.8 Å². The number of esters is 1. The third-order valence-corrected chi connectivity index (χ3v) is 11.4. The van der Waals surface area contributed by atoms with Gasteiger partial charge in [-0.05, 0) is 41.6 Å². The Kier molecular flexibility index (Phi) is 9.54.